The first-order valence-corrected chi connectivity index (χ1v) is 9.10. The van der Waals surface area contributed by atoms with Crippen LogP contribution in [0.2, 0.25) is 5.02 Å². The van der Waals surface area contributed by atoms with Crippen LogP contribution in [0.1, 0.15) is 45.4 Å². The van der Waals surface area contributed by atoms with Crippen LogP contribution in [0.15, 0.2) is 28.8 Å². The predicted octanol–water partition coefficient (Wildman–Crippen LogP) is 3.78. The summed E-state index contributed by atoms with van der Waals surface area (Å²) in [4.78, 5) is 30.7. The van der Waals surface area contributed by atoms with Gasteiger partial charge >= 0.3 is 6.03 Å². The van der Waals surface area contributed by atoms with Crippen LogP contribution in [-0.2, 0) is 11.3 Å². The lowest BCUT2D eigenvalue weighted by Crippen LogP contribution is -2.46. The topological polar surface area (TPSA) is 88.3 Å². The summed E-state index contributed by atoms with van der Waals surface area (Å²) in [6.07, 6.45) is 2.83. The standard InChI is InChI=1S/C18H21ClN4O3/c1-3-9-18(10-4-2)16(24)23(17(25)21-18)11-14-20-15(26-22-14)12-7-5-6-8-13(12)19/h5-8H,3-4,9-11H2,1-2H3,(H,21,25). The van der Waals surface area contributed by atoms with E-state index in [-0.39, 0.29) is 24.2 Å². The summed E-state index contributed by atoms with van der Waals surface area (Å²) in [5.74, 6) is 0.286. The van der Waals surface area contributed by atoms with Gasteiger partial charge in [-0.15, -0.1) is 0 Å². The van der Waals surface area contributed by atoms with Crippen molar-refractivity contribution in [3.63, 3.8) is 0 Å². The van der Waals surface area contributed by atoms with Gasteiger partial charge in [0.25, 0.3) is 11.8 Å². The zero-order valence-corrected chi connectivity index (χ0v) is 15.5. The average Bonchev–Trinajstić information content (AvgIpc) is 3.15. The number of nitrogens with zero attached hydrogens (tertiary/aromatic N) is 3. The zero-order chi connectivity index (χ0) is 18.7. The predicted molar refractivity (Wildman–Crippen MR) is 96.4 cm³/mol. The second-order valence-corrected chi connectivity index (χ2v) is 6.81. The number of rotatable bonds is 7. The Hall–Kier alpha value is -2.41. The maximum Gasteiger partial charge on any atom is 0.325 e. The number of aromatic nitrogens is 2. The van der Waals surface area contributed by atoms with Crippen LogP contribution in [0.5, 0.6) is 0 Å². The highest BCUT2D eigenvalue weighted by molar-refractivity contribution is 6.33. The maximum atomic E-state index is 12.9. The van der Waals surface area contributed by atoms with Crippen LogP contribution in [-0.4, -0.2) is 32.5 Å². The highest BCUT2D eigenvalue weighted by Gasteiger charge is 2.50. The van der Waals surface area contributed by atoms with Gasteiger partial charge in [-0.05, 0) is 25.0 Å². The molecule has 2 aromatic rings. The summed E-state index contributed by atoms with van der Waals surface area (Å²) >= 11 is 6.14. The number of carbonyl (C=O) groups is 2. The fraction of sp³-hybridized carbons (Fsp3) is 0.444. The smallest absolute Gasteiger partial charge is 0.325 e. The number of urea groups is 1. The molecule has 0 aliphatic carbocycles. The van der Waals surface area contributed by atoms with Gasteiger partial charge in [-0.1, -0.05) is 55.6 Å². The fourth-order valence-electron chi connectivity index (χ4n) is 3.34. The van der Waals surface area contributed by atoms with Gasteiger partial charge in [0.2, 0.25) is 0 Å². The Morgan fingerprint density at radius 1 is 1.19 bits per heavy atom. The molecule has 26 heavy (non-hydrogen) atoms. The van der Waals surface area contributed by atoms with E-state index in [4.69, 9.17) is 16.1 Å². The number of carbonyl (C=O) groups excluding carboxylic acids is 2. The highest BCUT2D eigenvalue weighted by atomic mass is 35.5. The van der Waals surface area contributed by atoms with Crippen LogP contribution in [0, 0.1) is 0 Å². The molecule has 1 fully saturated rings. The van der Waals surface area contributed by atoms with Gasteiger partial charge < -0.3 is 9.84 Å². The van der Waals surface area contributed by atoms with E-state index in [2.05, 4.69) is 15.5 Å². The molecule has 0 spiro atoms. The summed E-state index contributed by atoms with van der Waals surface area (Å²) in [5.41, 5.74) is -0.216. The molecule has 7 nitrogen and oxygen atoms in total. The number of hydrogen-bond acceptors (Lipinski definition) is 5. The number of halogens is 1. The van der Waals surface area contributed by atoms with Gasteiger partial charge in [-0.3, -0.25) is 9.69 Å². The molecule has 3 rings (SSSR count). The van der Waals surface area contributed by atoms with Gasteiger partial charge in [-0.2, -0.15) is 4.98 Å². The van der Waals surface area contributed by atoms with Crippen molar-refractivity contribution in [3.05, 3.63) is 35.1 Å². The number of hydrogen-bond donors (Lipinski definition) is 1. The van der Waals surface area contributed by atoms with Crippen molar-refractivity contribution in [2.75, 3.05) is 0 Å². The molecule has 0 saturated carbocycles. The quantitative estimate of drug-likeness (QED) is 0.743. The Bertz CT molecular complexity index is 814. The molecule has 0 atom stereocenters. The molecule has 2 heterocycles. The molecule has 8 heteroatoms. The van der Waals surface area contributed by atoms with Gasteiger partial charge in [0.15, 0.2) is 5.82 Å². The molecular weight excluding hydrogens is 356 g/mol. The largest absolute Gasteiger partial charge is 0.334 e. The van der Waals surface area contributed by atoms with E-state index in [1.54, 1.807) is 18.2 Å². The Kier molecular flexibility index (Phi) is 5.27. The van der Waals surface area contributed by atoms with Crippen molar-refractivity contribution < 1.29 is 14.1 Å². The summed E-state index contributed by atoms with van der Waals surface area (Å²) in [6, 6.07) is 6.69. The van der Waals surface area contributed by atoms with Crippen molar-refractivity contribution in [3.8, 4) is 11.5 Å². The van der Waals surface area contributed by atoms with Crippen molar-refractivity contribution in [2.24, 2.45) is 0 Å². The molecule has 1 aliphatic rings. The molecule has 138 valence electrons. The Labute approximate surface area is 156 Å². The lowest BCUT2D eigenvalue weighted by molar-refractivity contribution is -0.132. The van der Waals surface area contributed by atoms with Crippen molar-refractivity contribution in [2.45, 2.75) is 51.6 Å². The van der Waals surface area contributed by atoms with Gasteiger partial charge in [-0.25, -0.2) is 4.79 Å². The Morgan fingerprint density at radius 3 is 2.54 bits per heavy atom. The van der Waals surface area contributed by atoms with Gasteiger partial charge in [0.05, 0.1) is 17.1 Å². The Balaban J connectivity index is 1.80. The Morgan fingerprint density at radius 2 is 1.88 bits per heavy atom. The third kappa shape index (κ3) is 3.31. The molecule has 1 aliphatic heterocycles. The first-order chi connectivity index (χ1) is 12.5. The third-order valence-corrected chi connectivity index (χ3v) is 4.80. The first-order valence-electron chi connectivity index (χ1n) is 8.72. The van der Waals surface area contributed by atoms with E-state index in [1.807, 2.05) is 19.9 Å². The number of imide groups is 1. The SMILES string of the molecule is CCCC1(CCC)NC(=O)N(Cc2noc(-c3ccccc3Cl)n2)C1=O. The van der Waals surface area contributed by atoms with Gasteiger partial charge in [0, 0.05) is 0 Å². The average molecular weight is 377 g/mol. The summed E-state index contributed by atoms with van der Waals surface area (Å²) in [6.45, 7) is 3.96. The van der Waals surface area contributed by atoms with E-state index in [9.17, 15) is 9.59 Å². The van der Waals surface area contributed by atoms with E-state index < -0.39 is 11.6 Å². The minimum Gasteiger partial charge on any atom is -0.334 e. The summed E-state index contributed by atoms with van der Waals surface area (Å²) in [5, 5.41) is 7.24. The number of amides is 3. The van der Waals surface area contributed by atoms with Crippen molar-refractivity contribution in [1.82, 2.24) is 20.4 Å². The minimum absolute atomic E-state index is 0.0339. The van der Waals surface area contributed by atoms with Crippen molar-refractivity contribution in [1.29, 1.82) is 0 Å². The normalized spacial score (nSPS) is 16.2. The van der Waals surface area contributed by atoms with E-state index in [1.165, 1.54) is 0 Å². The van der Waals surface area contributed by atoms with Crippen LogP contribution in [0.3, 0.4) is 0 Å². The van der Waals surface area contributed by atoms with Crippen molar-refractivity contribution >= 4 is 23.5 Å². The zero-order valence-electron chi connectivity index (χ0n) is 14.8. The molecular formula is C18H21ClN4O3. The maximum absolute atomic E-state index is 12.9. The van der Waals surface area contributed by atoms with Gasteiger partial charge in [0.1, 0.15) is 5.54 Å². The molecule has 1 aromatic carbocycles. The lowest BCUT2D eigenvalue weighted by atomic mass is 9.88. The van der Waals surface area contributed by atoms with Crippen LogP contribution in [0.4, 0.5) is 4.79 Å². The lowest BCUT2D eigenvalue weighted by Gasteiger charge is -2.25. The first kappa shape index (κ1) is 18.4. The summed E-state index contributed by atoms with van der Waals surface area (Å²) in [7, 11) is 0. The molecule has 1 aromatic heterocycles. The number of benzene rings is 1. The van der Waals surface area contributed by atoms with E-state index in [0.717, 1.165) is 17.7 Å². The highest BCUT2D eigenvalue weighted by Crippen LogP contribution is 2.30. The molecule has 1 saturated heterocycles. The van der Waals surface area contributed by atoms with E-state index >= 15 is 0 Å². The third-order valence-electron chi connectivity index (χ3n) is 4.47. The molecule has 1 N–H and O–H groups in total. The molecule has 3 amide bonds. The van der Waals surface area contributed by atoms with E-state index in [0.29, 0.717) is 23.4 Å². The fourth-order valence-corrected chi connectivity index (χ4v) is 3.56. The molecule has 0 unspecified atom stereocenters. The molecule has 0 bridgehead atoms. The molecule has 0 radical (unpaired) electrons. The minimum atomic E-state index is -0.824. The van der Waals surface area contributed by atoms with Crippen LogP contribution in [0.25, 0.3) is 11.5 Å². The number of nitrogens with one attached hydrogen (secondary N) is 1. The van der Waals surface area contributed by atoms with Crippen LogP contribution >= 0.6 is 11.6 Å². The monoisotopic (exact) mass is 376 g/mol. The summed E-state index contributed by atoms with van der Waals surface area (Å²) < 4.78 is 5.24. The second-order valence-electron chi connectivity index (χ2n) is 6.40. The second kappa shape index (κ2) is 7.45. The van der Waals surface area contributed by atoms with Crippen LogP contribution < -0.4 is 5.32 Å².